The van der Waals surface area contributed by atoms with Crippen LogP contribution >= 0.6 is 0 Å². The Bertz CT molecular complexity index is 1170. The van der Waals surface area contributed by atoms with Crippen LogP contribution in [0.5, 0.6) is 0 Å². The van der Waals surface area contributed by atoms with Crippen LogP contribution in [-0.2, 0) is 9.53 Å². The Balaban J connectivity index is 2.42. The lowest BCUT2D eigenvalue weighted by Gasteiger charge is -2.34. The maximum Gasteiger partial charge on any atom is 0.329 e. The number of nitrogens with zero attached hydrogens (tertiary/aromatic N) is 2. The molecule has 0 unspecified atom stereocenters. The van der Waals surface area contributed by atoms with Crippen LogP contribution < -0.4 is 5.43 Å². The lowest BCUT2D eigenvalue weighted by atomic mass is 9.85. The first-order valence-electron chi connectivity index (χ1n) is 11.7. The summed E-state index contributed by atoms with van der Waals surface area (Å²) < 4.78 is 5.90. The first-order chi connectivity index (χ1) is 17.4. The van der Waals surface area contributed by atoms with Crippen LogP contribution in [-0.4, -0.2) is 35.8 Å². The van der Waals surface area contributed by atoms with Crippen molar-refractivity contribution >= 4 is 17.1 Å². The number of rotatable bonds is 10. The van der Waals surface area contributed by atoms with Gasteiger partial charge >= 0.3 is 5.97 Å². The van der Waals surface area contributed by atoms with Crippen LogP contribution in [0.4, 0.5) is 0 Å². The molecule has 0 aliphatic rings. The molecular weight excluding hydrogens is 450 g/mol. The standard InChI is InChI=1S/C30H31N3O3/c1-5-21-33(31-22-32-35)28(29(34)36-30(2,3)4)27(25-19-13-8-14-20-25)26(23-15-9-6-10-16-23)24-17-11-7-12-18-24/h1,6-20,28,31H,21-22H2,2-4H3/t28-/m0/s1. The van der Waals surface area contributed by atoms with Gasteiger partial charge in [0.2, 0.25) is 0 Å². The van der Waals surface area contributed by atoms with Crippen LogP contribution in [0.25, 0.3) is 11.1 Å². The second-order valence-electron chi connectivity index (χ2n) is 9.10. The maximum absolute atomic E-state index is 13.9. The molecule has 1 N–H and O–H groups in total. The van der Waals surface area contributed by atoms with Crippen LogP contribution in [0.1, 0.15) is 37.5 Å². The predicted octanol–water partition coefficient (Wildman–Crippen LogP) is 5.52. The molecule has 0 aliphatic carbocycles. The van der Waals surface area contributed by atoms with Crippen LogP contribution in [0.2, 0.25) is 0 Å². The average Bonchev–Trinajstić information content (AvgIpc) is 2.87. The lowest BCUT2D eigenvalue weighted by Crippen LogP contribution is -2.52. The van der Waals surface area contributed by atoms with E-state index in [0.717, 1.165) is 22.3 Å². The molecule has 3 rings (SSSR count). The second-order valence-corrected chi connectivity index (χ2v) is 9.10. The first-order valence-corrected chi connectivity index (χ1v) is 11.7. The molecule has 36 heavy (non-hydrogen) atoms. The normalized spacial score (nSPS) is 11.9. The largest absolute Gasteiger partial charge is 0.459 e. The van der Waals surface area contributed by atoms with Gasteiger partial charge < -0.3 is 4.74 Å². The van der Waals surface area contributed by atoms with E-state index in [1.807, 2.05) is 112 Å². The summed E-state index contributed by atoms with van der Waals surface area (Å²) in [7, 11) is 0. The van der Waals surface area contributed by atoms with Crippen molar-refractivity contribution < 1.29 is 9.53 Å². The molecule has 184 valence electrons. The van der Waals surface area contributed by atoms with E-state index in [0.29, 0.717) is 5.57 Å². The molecule has 6 heteroatoms. The van der Waals surface area contributed by atoms with Crippen molar-refractivity contribution in [1.82, 2.24) is 10.4 Å². The van der Waals surface area contributed by atoms with Gasteiger partial charge in [-0.2, -0.15) is 0 Å². The van der Waals surface area contributed by atoms with Gasteiger partial charge in [0.15, 0.2) is 0 Å². The predicted molar refractivity (Wildman–Crippen MR) is 144 cm³/mol. The Morgan fingerprint density at radius 3 is 1.81 bits per heavy atom. The Kier molecular flexibility index (Phi) is 9.29. The highest BCUT2D eigenvalue weighted by Gasteiger charge is 2.36. The number of benzene rings is 3. The monoisotopic (exact) mass is 481 g/mol. The van der Waals surface area contributed by atoms with E-state index in [1.165, 1.54) is 0 Å². The first kappa shape index (κ1) is 26.6. The van der Waals surface area contributed by atoms with E-state index in [9.17, 15) is 9.70 Å². The summed E-state index contributed by atoms with van der Waals surface area (Å²) in [6, 6.07) is 28.4. The second kappa shape index (κ2) is 12.6. The molecule has 0 spiro atoms. The molecule has 0 amide bonds. The molecule has 0 saturated carbocycles. The molecule has 0 radical (unpaired) electrons. The van der Waals surface area contributed by atoms with E-state index >= 15 is 0 Å². The number of carbonyl (C=O) groups excluding carboxylic acids is 1. The smallest absolute Gasteiger partial charge is 0.329 e. The van der Waals surface area contributed by atoms with Crippen molar-refractivity contribution in [3.05, 3.63) is 113 Å². The molecule has 0 fully saturated rings. The third kappa shape index (κ3) is 6.98. The summed E-state index contributed by atoms with van der Waals surface area (Å²) >= 11 is 0. The highest BCUT2D eigenvalue weighted by molar-refractivity contribution is 6.07. The number of nitrogens with one attached hydrogen (secondary N) is 1. The van der Waals surface area contributed by atoms with Gasteiger partial charge in [0.25, 0.3) is 0 Å². The van der Waals surface area contributed by atoms with Crippen molar-refractivity contribution in [2.75, 3.05) is 13.2 Å². The van der Waals surface area contributed by atoms with Crippen LogP contribution in [0, 0.1) is 17.3 Å². The number of esters is 1. The minimum absolute atomic E-state index is 0.0343. The Hall–Kier alpha value is -4.05. The average molecular weight is 482 g/mol. The zero-order valence-electron chi connectivity index (χ0n) is 20.8. The highest BCUT2D eigenvalue weighted by atomic mass is 16.6. The Morgan fingerprint density at radius 1 is 0.917 bits per heavy atom. The van der Waals surface area contributed by atoms with Crippen molar-refractivity contribution in [3.8, 4) is 12.3 Å². The van der Waals surface area contributed by atoms with E-state index in [2.05, 4.69) is 16.5 Å². The minimum Gasteiger partial charge on any atom is -0.459 e. The topological polar surface area (TPSA) is 71.0 Å². The molecule has 3 aromatic carbocycles. The number of ether oxygens (including phenoxy) is 1. The quantitative estimate of drug-likeness (QED) is 0.136. The summed E-state index contributed by atoms with van der Waals surface area (Å²) in [6.07, 6.45) is 5.69. The Labute approximate surface area is 212 Å². The van der Waals surface area contributed by atoms with Gasteiger partial charge in [0, 0.05) is 0 Å². The SMILES string of the molecule is C#CCN(NCN=O)[C@H](C(=O)OC(C)(C)C)C(=C(c1ccccc1)c1ccccc1)c1ccccc1. The molecule has 1 atom stereocenters. The summed E-state index contributed by atoms with van der Waals surface area (Å²) in [5, 5.41) is 4.47. The third-order valence-electron chi connectivity index (χ3n) is 5.29. The number of terminal acetylenes is 1. The van der Waals surface area contributed by atoms with E-state index in [-0.39, 0.29) is 13.2 Å². The summed E-state index contributed by atoms with van der Waals surface area (Å²) in [4.78, 5) is 24.9. The molecule has 0 bridgehead atoms. The summed E-state index contributed by atoms with van der Waals surface area (Å²) in [6.45, 7) is 5.22. The Morgan fingerprint density at radius 2 is 1.39 bits per heavy atom. The van der Waals surface area contributed by atoms with Crippen molar-refractivity contribution in [3.63, 3.8) is 0 Å². The van der Waals surface area contributed by atoms with Gasteiger partial charge in [-0.25, -0.2) is 15.2 Å². The molecule has 3 aromatic rings. The molecule has 0 saturated heterocycles. The summed E-state index contributed by atoms with van der Waals surface area (Å²) in [5.41, 5.74) is 6.37. The van der Waals surface area contributed by atoms with Gasteiger partial charge in [-0.05, 0) is 48.6 Å². The third-order valence-corrected chi connectivity index (χ3v) is 5.29. The van der Waals surface area contributed by atoms with E-state index < -0.39 is 17.6 Å². The van der Waals surface area contributed by atoms with Crippen LogP contribution in [0.3, 0.4) is 0 Å². The zero-order chi connectivity index (χ0) is 26.0. The van der Waals surface area contributed by atoms with Gasteiger partial charge in [0.1, 0.15) is 18.3 Å². The van der Waals surface area contributed by atoms with Crippen LogP contribution in [0.15, 0.2) is 96.2 Å². The van der Waals surface area contributed by atoms with Crippen molar-refractivity contribution in [1.29, 1.82) is 0 Å². The highest BCUT2D eigenvalue weighted by Crippen LogP contribution is 2.36. The number of carbonyl (C=O) groups is 1. The van der Waals surface area contributed by atoms with Crippen molar-refractivity contribution in [2.24, 2.45) is 5.18 Å². The number of hydrogen-bond donors (Lipinski definition) is 1. The van der Waals surface area contributed by atoms with E-state index in [4.69, 9.17) is 11.2 Å². The fraction of sp³-hybridized carbons (Fsp3) is 0.233. The number of hydrazine groups is 1. The molecule has 0 aromatic heterocycles. The fourth-order valence-electron chi connectivity index (χ4n) is 3.96. The fourth-order valence-corrected chi connectivity index (χ4v) is 3.96. The molecular formula is C30H31N3O3. The molecule has 0 heterocycles. The van der Waals surface area contributed by atoms with Gasteiger partial charge in [-0.15, -0.1) is 11.3 Å². The zero-order valence-corrected chi connectivity index (χ0v) is 20.8. The molecule has 6 nitrogen and oxygen atoms in total. The number of nitroso groups, excluding NO2 is 1. The van der Waals surface area contributed by atoms with E-state index in [1.54, 1.807) is 5.01 Å². The lowest BCUT2D eigenvalue weighted by molar-refractivity contribution is -0.159. The summed E-state index contributed by atoms with van der Waals surface area (Å²) in [5.74, 6) is 2.09. The van der Waals surface area contributed by atoms with Gasteiger partial charge in [-0.1, -0.05) is 102 Å². The minimum atomic E-state index is -0.986. The number of hydrogen-bond acceptors (Lipinski definition) is 6. The van der Waals surface area contributed by atoms with Gasteiger partial charge in [-0.3, -0.25) is 0 Å². The van der Waals surface area contributed by atoms with Crippen molar-refractivity contribution in [2.45, 2.75) is 32.4 Å². The maximum atomic E-state index is 13.9. The molecule has 0 aliphatic heterocycles. The van der Waals surface area contributed by atoms with Gasteiger partial charge in [0.05, 0.1) is 6.54 Å².